The molecule has 2 aromatic carbocycles. The third-order valence-electron chi connectivity index (χ3n) is 4.02. The largest absolute Gasteiger partial charge is 0.376 e. The van der Waals surface area contributed by atoms with Crippen molar-refractivity contribution in [1.29, 1.82) is 0 Å². The molecule has 2 aromatic rings. The second kappa shape index (κ2) is 8.22. The second-order valence-corrected chi connectivity index (χ2v) is 6.33. The van der Waals surface area contributed by atoms with Crippen molar-refractivity contribution in [2.24, 2.45) is 0 Å². The van der Waals surface area contributed by atoms with E-state index in [0.717, 1.165) is 30.7 Å². The summed E-state index contributed by atoms with van der Waals surface area (Å²) in [5.41, 5.74) is 1.84. The average Bonchev–Trinajstić information content (AvgIpc) is 3.08. The molecule has 0 spiro atoms. The maximum Gasteiger partial charge on any atom is 0.173 e. The number of nitrogens with one attached hydrogen (secondary N) is 1. The Morgan fingerprint density at radius 3 is 2.75 bits per heavy atom. The van der Waals surface area contributed by atoms with Gasteiger partial charge >= 0.3 is 0 Å². The molecule has 24 heavy (non-hydrogen) atoms. The van der Waals surface area contributed by atoms with Crippen LogP contribution < -0.4 is 5.32 Å². The molecule has 0 saturated carbocycles. The highest BCUT2D eigenvalue weighted by Crippen LogP contribution is 2.17. The van der Waals surface area contributed by atoms with Gasteiger partial charge in [-0.15, -0.1) is 0 Å². The lowest BCUT2D eigenvalue weighted by molar-refractivity contribution is 0.0905. The molecule has 1 unspecified atom stereocenters. The van der Waals surface area contributed by atoms with Crippen molar-refractivity contribution < 1.29 is 9.13 Å². The summed E-state index contributed by atoms with van der Waals surface area (Å²) < 4.78 is 19.2. The summed E-state index contributed by atoms with van der Waals surface area (Å²) in [6.45, 7) is 2.06. The number of nitrogens with zero attached hydrogens (tertiary/aromatic N) is 1. The summed E-state index contributed by atoms with van der Waals surface area (Å²) in [6, 6.07) is 16.5. The van der Waals surface area contributed by atoms with E-state index in [1.807, 2.05) is 41.3 Å². The Kier molecular flexibility index (Phi) is 5.77. The maximum atomic E-state index is 13.5. The number of thiocarbonyl (C=S) groups is 1. The maximum absolute atomic E-state index is 13.5. The van der Waals surface area contributed by atoms with Crippen molar-refractivity contribution in [3.8, 4) is 0 Å². The minimum atomic E-state index is -0.230. The van der Waals surface area contributed by atoms with E-state index in [9.17, 15) is 4.39 Å². The number of hydrogen-bond donors (Lipinski definition) is 1. The van der Waals surface area contributed by atoms with Crippen molar-refractivity contribution in [2.45, 2.75) is 25.5 Å². The molecule has 1 N–H and O–H groups in total. The van der Waals surface area contributed by atoms with Gasteiger partial charge in [-0.25, -0.2) is 4.39 Å². The molecule has 5 heteroatoms. The molecule has 3 nitrogen and oxygen atoms in total. The first kappa shape index (κ1) is 16.9. The standard InChI is InChI=1S/C19H21FN2OS/c20-16-7-4-6-15(12-16)13-22(14-18-10-5-11-23-18)19(24)21-17-8-2-1-3-9-17/h1-4,6-9,12,18H,5,10-11,13-14H2,(H,21,24). The Labute approximate surface area is 147 Å². The van der Waals surface area contributed by atoms with Crippen molar-refractivity contribution in [2.75, 3.05) is 18.5 Å². The second-order valence-electron chi connectivity index (χ2n) is 5.94. The SMILES string of the molecule is Fc1cccc(CN(CC2CCCO2)C(=S)Nc2ccccc2)c1. The van der Waals surface area contributed by atoms with E-state index in [0.29, 0.717) is 18.2 Å². The number of ether oxygens (including phenoxy) is 1. The molecule has 0 bridgehead atoms. The summed E-state index contributed by atoms with van der Waals surface area (Å²) in [6.07, 6.45) is 2.29. The minimum absolute atomic E-state index is 0.175. The van der Waals surface area contributed by atoms with E-state index in [1.165, 1.54) is 6.07 Å². The zero-order chi connectivity index (χ0) is 16.8. The Balaban J connectivity index is 1.71. The van der Waals surface area contributed by atoms with Crippen molar-refractivity contribution >= 4 is 23.0 Å². The molecule has 0 aromatic heterocycles. The zero-order valence-electron chi connectivity index (χ0n) is 13.5. The first-order valence-electron chi connectivity index (χ1n) is 8.18. The molecular weight excluding hydrogens is 323 g/mol. The number of halogens is 1. The van der Waals surface area contributed by atoms with Crippen LogP contribution in [0.5, 0.6) is 0 Å². The number of hydrogen-bond acceptors (Lipinski definition) is 2. The molecule has 0 amide bonds. The fourth-order valence-electron chi connectivity index (χ4n) is 2.83. The van der Waals surface area contributed by atoms with Crippen LogP contribution in [0.3, 0.4) is 0 Å². The Morgan fingerprint density at radius 2 is 2.04 bits per heavy atom. The Bertz CT molecular complexity index is 674. The summed E-state index contributed by atoms with van der Waals surface area (Å²) in [7, 11) is 0. The van der Waals surface area contributed by atoms with Crippen LogP contribution in [-0.4, -0.2) is 29.3 Å². The van der Waals surface area contributed by atoms with Gasteiger partial charge in [0.1, 0.15) is 5.82 Å². The molecular formula is C19H21FN2OS. The Morgan fingerprint density at radius 1 is 1.21 bits per heavy atom. The van der Waals surface area contributed by atoms with Crippen LogP contribution in [0.25, 0.3) is 0 Å². The smallest absolute Gasteiger partial charge is 0.173 e. The lowest BCUT2D eigenvalue weighted by Gasteiger charge is -2.28. The van der Waals surface area contributed by atoms with Crippen LogP contribution in [0, 0.1) is 5.82 Å². The molecule has 1 saturated heterocycles. The van der Waals surface area contributed by atoms with Gasteiger partial charge < -0.3 is 15.0 Å². The van der Waals surface area contributed by atoms with Crippen molar-refractivity contribution in [1.82, 2.24) is 4.90 Å². The van der Waals surface area contributed by atoms with E-state index in [2.05, 4.69) is 5.32 Å². The molecule has 0 aliphatic carbocycles. The summed E-state index contributed by atoms with van der Waals surface area (Å²) in [4.78, 5) is 2.05. The number of para-hydroxylation sites is 1. The third-order valence-corrected chi connectivity index (χ3v) is 4.38. The van der Waals surface area contributed by atoms with Gasteiger partial charge in [-0.2, -0.15) is 0 Å². The number of anilines is 1. The minimum Gasteiger partial charge on any atom is -0.376 e. The number of rotatable bonds is 5. The van der Waals surface area contributed by atoms with E-state index < -0.39 is 0 Å². The van der Waals surface area contributed by atoms with Gasteiger partial charge in [-0.1, -0.05) is 30.3 Å². The van der Waals surface area contributed by atoms with Crippen LogP contribution in [-0.2, 0) is 11.3 Å². The molecule has 1 aliphatic heterocycles. The summed E-state index contributed by atoms with van der Waals surface area (Å²) in [5.74, 6) is -0.230. The van der Waals surface area contributed by atoms with Crippen molar-refractivity contribution in [3.63, 3.8) is 0 Å². The molecule has 3 rings (SSSR count). The van der Waals surface area contributed by atoms with E-state index in [4.69, 9.17) is 17.0 Å². The highest BCUT2D eigenvalue weighted by Gasteiger charge is 2.21. The van der Waals surface area contributed by atoms with Gasteiger partial charge in [0.15, 0.2) is 5.11 Å². The molecule has 1 aliphatic rings. The van der Waals surface area contributed by atoms with Crippen LogP contribution in [0.1, 0.15) is 18.4 Å². The highest BCUT2D eigenvalue weighted by molar-refractivity contribution is 7.80. The zero-order valence-corrected chi connectivity index (χ0v) is 14.3. The first-order valence-corrected chi connectivity index (χ1v) is 8.58. The molecule has 0 radical (unpaired) electrons. The highest BCUT2D eigenvalue weighted by atomic mass is 32.1. The predicted octanol–water partition coefficient (Wildman–Crippen LogP) is 4.20. The number of benzene rings is 2. The third kappa shape index (κ3) is 4.76. The summed E-state index contributed by atoms with van der Waals surface area (Å²) >= 11 is 5.59. The van der Waals surface area contributed by atoms with E-state index >= 15 is 0 Å². The Hall–Kier alpha value is -1.98. The predicted molar refractivity (Wildman–Crippen MR) is 98.4 cm³/mol. The molecule has 1 atom stereocenters. The van der Waals surface area contributed by atoms with E-state index in [-0.39, 0.29) is 11.9 Å². The lowest BCUT2D eigenvalue weighted by atomic mass is 10.2. The molecule has 1 heterocycles. The van der Waals surface area contributed by atoms with Gasteiger partial charge in [0.25, 0.3) is 0 Å². The first-order chi connectivity index (χ1) is 11.7. The van der Waals surface area contributed by atoms with Crippen molar-refractivity contribution in [3.05, 3.63) is 66.0 Å². The van der Waals surface area contributed by atoms with Crippen LogP contribution >= 0.6 is 12.2 Å². The quantitative estimate of drug-likeness (QED) is 0.822. The van der Waals surface area contributed by atoms with Crippen LogP contribution in [0.2, 0.25) is 0 Å². The fraction of sp³-hybridized carbons (Fsp3) is 0.316. The fourth-order valence-corrected chi connectivity index (χ4v) is 3.09. The van der Waals surface area contributed by atoms with Gasteiger partial charge in [-0.3, -0.25) is 0 Å². The monoisotopic (exact) mass is 344 g/mol. The lowest BCUT2D eigenvalue weighted by Crippen LogP contribution is -2.39. The summed E-state index contributed by atoms with van der Waals surface area (Å²) in [5, 5.41) is 3.88. The molecule has 126 valence electrons. The van der Waals surface area contributed by atoms with Gasteiger partial charge in [0.2, 0.25) is 0 Å². The normalized spacial score (nSPS) is 16.8. The van der Waals surface area contributed by atoms with Gasteiger partial charge in [0, 0.05) is 25.4 Å². The van der Waals surface area contributed by atoms with E-state index in [1.54, 1.807) is 12.1 Å². The van der Waals surface area contributed by atoms with Gasteiger partial charge in [0.05, 0.1) is 6.10 Å². The van der Waals surface area contributed by atoms with Crippen LogP contribution in [0.4, 0.5) is 10.1 Å². The van der Waals surface area contributed by atoms with Crippen LogP contribution in [0.15, 0.2) is 54.6 Å². The topological polar surface area (TPSA) is 24.5 Å². The van der Waals surface area contributed by atoms with Gasteiger partial charge in [-0.05, 0) is 54.9 Å². The average molecular weight is 344 g/mol. The molecule has 1 fully saturated rings.